The predicted molar refractivity (Wildman–Crippen MR) is 124 cm³/mol. The molecule has 1 aromatic carbocycles. The zero-order valence-corrected chi connectivity index (χ0v) is 19.1. The molecule has 1 saturated heterocycles. The van der Waals surface area contributed by atoms with Gasteiger partial charge in [-0.2, -0.15) is 0 Å². The third-order valence-corrected chi connectivity index (χ3v) is 4.90. The molecule has 0 unspecified atom stereocenters. The van der Waals surface area contributed by atoms with Gasteiger partial charge in [-0.3, -0.25) is 9.79 Å². The van der Waals surface area contributed by atoms with Gasteiger partial charge in [0.15, 0.2) is 5.96 Å². The van der Waals surface area contributed by atoms with Gasteiger partial charge in [0.2, 0.25) is 5.91 Å². The molecule has 0 radical (unpaired) electrons. The predicted octanol–water partition coefficient (Wildman–Crippen LogP) is 2.55. The molecule has 2 N–H and O–H groups in total. The maximum atomic E-state index is 11.6. The molecule has 0 aromatic heterocycles. The minimum absolute atomic E-state index is 0. The Bertz CT molecular complexity index is 573. The summed E-state index contributed by atoms with van der Waals surface area (Å²) in [5.41, 5.74) is 1.21. The number of rotatable bonds is 7. The van der Waals surface area contributed by atoms with Crippen LogP contribution in [0.2, 0.25) is 0 Å². The second-order valence-electron chi connectivity index (χ2n) is 6.80. The summed E-state index contributed by atoms with van der Waals surface area (Å²) >= 11 is 0. The molecule has 1 fully saturated rings. The molecular weight excluding hydrogens is 453 g/mol. The molecule has 27 heavy (non-hydrogen) atoms. The normalized spacial score (nSPS) is 15.1. The fourth-order valence-electron chi connectivity index (χ4n) is 3.26. The second kappa shape index (κ2) is 12.8. The quantitative estimate of drug-likeness (QED) is 0.353. The van der Waals surface area contributed by atoms with E-state index in [1.807, 2.05) is 6.07 Å². The van der Waals surface area contributed by atoms with E-state index in [-0.39, 0.29) is 29.9 Å². The maximum absolute atomic E-state index is 11.6. The van der Waals surface area contributed by atoms with Crippen LogP contribution in [0.1, 0.15) is 26.2 Å². The van der Waals surface area contributed by atoms with Gasteiger partial charge >= 0.3 is 0 Å². The molecule has 0 bridgehead atoms. The summed E-state index contributed by atoms with van der Waals surface area (Å²) in [6, 6.07) is 10.4. The van der Waals surface area contributed by atoms with Crippen molar-refractivity contribution in [3.8, 4) is 0 Å². The number of piperidine rings is 1. The van der Waals surface area contributed by atoms with Gasteiger partial charge in [0.05, 0.1) is 6.54 Å². The number of aliphatic imine (C=N–C) groups is 1. The number of guanidine groups is 1. The number of likely N-dealkylation sites (N-methyl/N-ethyl adjacent to an activating group) is 1. The lowest BCUT2D eigenvalue weighted by molar-refractivity contribution is -0.121. The van der Waals surface area contributed by atoms with Crippen LogP contribution in [0.5, 0.6) is 0 Å². The Kier molecular flexibility index (Phi) is 11.2. The smallest absolute Gasteiger partial charge is 0.220 e. The van der Waals surface area contributed by atoms with Crippen molar-refractivity contribution >= 4 is 41.5 Å². The van der Waals surface area contributed by atoms with Crippen molar-refractivity contribution < 1.29 is 4.79 Å². The zero-order chi connectivity index (χ0) is 18.8. The van der Waals surface area contributed by atoms with E-state index in [0.717, 1.165) is 51.5 Å². The molecule has 1 amide bonds. The highest BCUT2D eigenvalue weighted by molar-refractivity contribution is 14.0. The van der Waals surface area contributed by atoms with Crippen molar-refractivity contribution in [3.63, 3.8) is 0 Å². The first kappa shape index (κ1) is 23.5. The number of halogens is 1. The third kappa shape index (κ3) is 7.94. The first-order valence-electron chi connectivity index (χ1n) is 9.64. The van der Waals surface area contributed by atoms with Gasteiger partial charge < -0.3 is 20.4 Å². The minimum atomic E-state index is 0. The summed E-state index contributed by atoms with van der Waals surface area (Å²) in [6.07, 6.45) is 2.73. The lowest BCUT2D eigenvalue weighted by atomic mass is 9.93. The lowest BCUT2D eigenvalue weighted by Gasteiger charge is -2.34. The van der Waals surface area contributed by atoms with E-state index in [1.165, 1.54) is 5.69 Å². The Hall–Kier alpha value is -1.51. The van der Waals surface area contributed by atoms with Gasteiger partial charge in [-0.05, 0) is 37.8 Å². The number of para-hydroxylation sites is 1. The number of carbonyl (C=O) groups excluding carboxylic acids is 1. The number of carbonyl (C=O) groups is 1. The monoisotopic (exact) mass is 487 g/mol. The average Bonchev–Trinajstić information content (AvgIpc) is 2.68. The molecular formula is C20H34IN5O. The number of nitrogens with zero attached hydrogens (tertiary/aromatic N) is 3. The van der Waals surface area contributed by atoms with E-state index in [0.29, 0.717) is 12.3 Å². The number of hydrogen-bond donors (Lipinski definition) is 2. The first-order chi connectivity index (χ1) is 12.6. The van der Waals surface area contributed by atoms with Crippen LogP contribution in [-0.2, 0) is 4.79 Å². The first-order valence-corrected chi connectivity index (χ1v) is 9.64. The molecule has 1 aliphatic heterocycles. The number of amides is 1. The Morgan fingerprint density at radius 1 is 1.26 bits per heavy atom. The van der Waals surface area contributed by atoms with Crippen LogP contribution in [0.25, 0.3) is 0 Å². The molecule has 0 atom stereocenters. The van der Waals surface area contributed by atoms with Gasteiger partial charge in [0.1, 0.15) is 0 Å². The number of nitrogens with one attached hydrogen (secondary N) is 2. The van der Waals surface area contributed by atoms with Crippen LogP contribution in [0, 0.1) is 5.92 Å². The van der Waals surface area contributed by atoms with Crippen LogP contribution in [-0.4, -0.2) is 63.6 Å². The van der Waals surface area contributed by atoms with Crippen molar-refractivity contribution in [2.75, 3.05) is 51.7 Å². The van der Waals surface area contributed by atoms with E-state index in [9.17, 15) is 4.79 Å². The van der Waals surface area contributed by atoms with Gasteiger partial charge in [-0.1, -0.05) is 18.2 Å². The Morgan fingerprint density at radius 2 is 1.93 bits per heavy atom. The largest absolute Gasteiger partial charge is 0.373 e. The summed E-state index contributed by atoms with van der Waals surface area (Å²) in [5, 5.41) is 6.14. The Balaban J connectivity index is 0.00000364. The zero-order valence-electron chi connectivity index (χ0n) is 16.8. The Morgan fingerprint density at radius 3 is 2.52 bits per heavy atom. The number of hydrogen-bond acceptors (Lipinski definition) is 3. The molecule has 1 aromatic rings. The SMILES string of the molecule is CCNC(=NCCN(C)c1ccccc1)N1CCC(CC(=O)NC)CC1.I. The average molecular weight is 487 g/mol. The second-order valence-corrected chi connectivity index (χ2v) is 6.80. The van der Waals surface area contributed by atoms with Crippen molar-refractivity contribution in [1.82, 2.24) is 15.5 Å². The molecule has 0 aliphatic carbocycles. The van der Waals surface area contributed by atoms with Gasteiger partial charge in [0.25, 0.3) is 0 Å². The highest BCUT2D eigenvalue weighted by atomic mass is 127. The van der Waals surface area contributed by atoms with E-state index in [2.05, 4.69) is 58.7 Å². The number of likely N-dealkylation sites (tertiary alicyclic amines) is 1. The van der Waals surface area contributed by atoms with Crippen molar-refractivity contribution in [2.45, 2.75) is 26.2 Å². The molecule has 6 nitrogen and oxygen atoms in total. The standard InChI is InChI=1S/C20H33N5O.HI/c1-4-22-20(23-12-15-24(3)18-8-6-5-7-9-18)25-13-10-17(11-14-25)16-19(26)21-2;/h5-9,17H,4,10-16H2,1-3H3,(H,21,26)(H,22,23);1H. The molecule has 152 valence electrons. The number of anilines is 1. The van der Waals surface area contributed by atoms with Crippen LogP contribution < -0.4 is 15.5 Å². The van der Waals surface area contributed by atoms with E-state index < -0.39 is 0 Å². The van der Waals surface area contributed by atoms with Crippen LogP contribution in [0.3, 0.4) is 0 Å². The molecule has 1 heterocycles. The summed E-state index contributed by atoms with van der Waals surface area (Å²) in [5.74, 6) is 1.62. The molecule has 0 saturated carbocycles. The fourth-order valence-corrected chi connectivity index (χ4v) is 3.26. The van der Waals surface area contributed by atoms with Crippen molar-refractivity contribution in [1.29, 1.82) is 0 Å². The summed E-state index contributed by atoms with van der Waals surface area (Å²) < 4.78 is 0. The highest BCUT2D eigenvalue weighted by Crippen LogP contribution is 2.20. The Labute approximate surface area is 180 Å². The fraction of sp³-hybridized carbons (Fsp3) is 0.600. The topological polar surface area (TPSA) is 60.0 Å². The highest BCUT2D eigenvalue weighted by Gasteiger charge is 2.23. The third-order valence-electron chi connectivity index (χ3n) is 4.90. The molecule has 2 rings (SSSR count). The van der Waals surface area contributed by atoms with Crippen LogP contribution in [0.4, 0.5) is 5.69 Å². The lowest BCUT2D eigenvalue weighted by Crippen LogP contribution is -2.46. The van der Waals surface area contributed by atoms with Crippen molar-refractivity contribution in [3.05, 3.63) is 30.3 Å². The summed E-state index contributed by atoms with van der Waals surface area (Å²) in [6.45, 7) is 6.53. The van der Waals surface area contributed by atoms with Crippen molar-refractivity contribution in [2.24, 2.45) is 10.9 Å². The van der Waals surface area contributed by atoms with E-state index >= 15 is 0 Å². The van der Waals surface area contributed by atoms with E-state index in [1.54, 1.807) is 7.05 Å². The molecule has 7 heteroatoms. The molecule has 0 spiro atoms. The van der Waals surface area contributed by atoms with Gasteiger partial charge in [-0.25, -0.2) is 0 Å². The van der Waals surface area contributed by atoms with E-state index in [4.69, 9.17) is 4.99 Å². The summed E-state index contributed by atoms with van der Waals surface area (Å²) in [7, 11) is 3.81. The summed E-state index contributed by atoms with van der Waals surface area (Å²) in [4.78, 5) is 20.9. The van der Waals surface area contributed by atoms with Gasteiger partial charge in [0, 0.05) is 52.4 Å². The van der Waals surface area contributed by atoms with Gasteiger partial charge in [-0.15, -0.1) is 24.0 Å². The van der Waals surface area contributed by atoms with Crippen LogP contribution >= 0.6 is 24.0 Å². The maximum Gasteiger partial charge on any atom is 0.220 e. The molecule has 1 aliphatic rings. The number of benzene rings is 1. The van der Waals surface area contributed by atoms with Crippen LogP contribution in [0.15, 0.2) is 35.3 Å². The minimum Gasteiger partial charge on any atom is -0.373 e.